The van der Waals surface area contributed by atoms with Crippen LogP contribution in [-0.4, -0.2) is 4.98 Å². The zero-order chi connectivity index (χ0) is 18.7. The average Bonchev–Trinajstić information content (AvgIpc) is 3.05. The molecule has 0 unspecified atom stereocenters. The fourth-order valence-corrected chi connectivity index (χ4v) is 4.15. The van der Waals surface area contributed by atoms with E-state index in [4.69, 9.17) is 4.42 Å². The van der Waals surface area contributed by atoms with E-state index in [2.05, 4.69) is 80.0 Å². The molecule has 0 aliphatic carbocycles. The molecule has 5 rings (SSSR count). The molecule has 3 nitrogen and oxygen atoms in total. The molecule has 0 N–H and O–H groups in total. The Morgan fingerprint density at radius 1 is 0.889 bits per heavy atom. The van der Waals surface area contributed by atoms with Gasteiger partial charge in [-0.25, -0.2) is 9.55 Å². The molecule has 27 heavy (non-hydrogen) atoms. The van der Waals surface area contributed by atoms with Crippen LogP contribution in [0.4, 0.5) is 0 Å². The van der Waals surface area contributed by atoms with Crippen LogP contribution < -0.4 is 4.57 Å². The Balaban J connectivity index is 2.06. The van der Waals surface area contributed by atoms with Gasteiger partial charge in [0.25, 0.3) is 0 Å². The molecular weight excluding hydrogens is 332 g/mol. The summed E-state index contributed by atoms with van der Waals surface area (Å²) in [7, 11) is 2.10. The van der Waals surface area contributed by atoms with E-state index in [-0.39, 0.29) is 0 Å². The zero-order valence-electron chi connectivity index (χ0n) is 16.0. The van der Waals surface area contributed by atoms with Crippen molar-refractivity contribution in [2.45, 2.75) is 20.8 Å². The number of aryl methyl sites for hydroxylation is 4. The third kappa shape index (κ3) is 2.21. The van der Waals surface area contributed by atoms with Gasteiger partial charge in [-0.1, -0.05) is 24.3 Å². The average molecular weight is 353 g/mol. The van der Waals surface area contributed by atoms with Crippen LogP contribution in [0.5, 0.6) is 0 Å². The van der Waals surface area contributed by atoms with E-state index >= 15 is 0 Å². The lowest BCUT2D eigenvalue weighted by atomic mass is 9.93. The predicted octanol–water partition coefficient (Wildman–Crippen LogP) is 5.55. The Bertz CT molecular complexity index is 1360. The van der Waals surface area contributed by atoms with Gasteiger partial charge in [-0.2, -0.15) is 0 Å². The number of nitrogens with zero attached hydrogens (tertiary/aromatic N) is 2. The van der Waals surface area contributed by atoms with Gasteiger partial charge in [-0.3, -0.25) is 0 Å². The molecular formula is C24H21N2O+. The van der Waals surface area contributed by atoms with E-state index in [0.717, 1.165) is 27.6 Å². The molecule has 0 saturated carbocycles. The van der Waals surface area contributed by atoms with Crippen molar-refractivity contribution < 1.29 is 8.98 Å². The molecule has 0 fully saturated rings. The van der Waals surface area contributed by atoms with E-state index in [0.29, 0.717) is 5.71 Å². The minimum atomic E-state index is 0.691. The largest absolute Gasteiger partial charge is 0.437 e. The molecule has 0 amide bonds. The minimum Gasteiger partial charge on any atom is -0.437 e. The lowest BCUT2D eigenvalue weighted by molar-refractivity contribution is -0.660. The second kappa shape index (κ2) is 5.65. The van der Waals surface area contributed by atoms with Crippen LogP contribution in [0, 0.1) is 20.8 Å². The van der Waals surface area contributed by atoms with Gasteiger partial charge in [-0.05, 0) is 54.8 Å². The molecule has 0 saturated heterocycles. The van der Waals surface area contributed by atoms with Crippen molar-refractivity contribution in [1.29, 1.82) is 0 Å². The molecule has 0 atom stereocenters. The number of hydrogen-bond donors (Lipinski definition) is 0. The first kappa shape index (κ1) is 16.0. The van der Waals surface area contributed by atoms with E-state index in [1.807, 2.05) is 6.07 Å². The third-order valence-corrected chi connectivity index (χ3v) is 5.67. The van der Waals surface area contributed by atoms with Crippen molar-refractivity contribution in [3.8, 4) is 11.3 Å². The second-order valence-electron chi connectivity index (χ2n) is 7.34. The maximum Gasteiger partial charge on any atom is 0.227 e. The second-order valence-corrected chi connectivity index (χ2v) is 7.34. The molecule has 0 radical (unpaired) electrons. The van der Waals surface area contributed by atoms with Gasteiger partial charge in [0.1, 0.15) is 7.05 Å². The summed E-state index contributed by atoms with van der Waals surface area (Å²) in [6, 6.07) is 14.9. The summed E-state index contributed by atoms with van der Waals surface area (Å²) >= 11 is 0. The molecule has 0 spiro atoms. The molecule has 2 aromatic carbocycles. The number of aromatic nitrogens is 2. The van der Waals surface area contributed by atoms with Gasteiger partial charge in [0.05, 0.1) is 5.56 Å². The summed E-state index contributed by atoms with van der Waals surface area (Å²) in [5, 5.41) is 4.68. The van der Waals surface area contributed by atoms with Crippen molar-refractivity contribution in [3.63, 3.8) is 0 Å². The third-order valence-electron chi connectivity index (χ3n) is 5.67. The van der Waals surface area contributed by atoms with Crippen molar-refractivity contribution >= 4 is 32.8 Å². The van der Waals surface area contributed by atoms with E-state index in [1.54, 1.807) is 6.20 Å². The molecule has 0 aliphatic rings. The van der Waals surface area contributed by atoms with Gasteiger partial charge in [0, 0.05) is 28.6 Å². The number of hydrogen-bond acceptors (Lipinski definition) is 2. The first-order chi connectivity index (χ1) is 13.1. The van der Waals surface area contributed by atoms with Crippen LogP contribution >= 0.6 is 0 Å². The highest BCUT2D eigenvalue weighted by Crippen LogP contribution is 2.42. The van der Waals surface area contributed by atoms with Gasteiger partial charge in [0.15, 0.2) is 11.8 Å². The highest BCUT2D eigenvalue weighted by molar-refractivity contribution is 6.22. The Labute approximate surface area is 157 Å². The number of pyridine rings is 2. The molecule has 3 heteroatoms. The zero-order valence-corrected chi connectivity index (χ0v) is 16.0. The van der Waals surface area contributed by atoms with Crippen molar-refractivity contribution in [2.24, 2.45) is 7.05 Å². The molecule has 132 valence electrons. The van der Waals surface area contributed by atoms with Gasteiger partial charge in [-0.15, -0.1) is 0 Å². The highest BCUT2D eigenvalue weighted by Gasteiger charge is 2.24. The molecule has 0 aliphatic heterocycles. The summed E-state index contributed by atoms with van der Waals surface area (Å²) in [4.78, 5) is 4.47. The smallest absolute Gasteiger partial charge is 0.227 e. The first-order valence-electron chi connectivity index (χ1n) is 9.22. The lowest BCUT2D eigenvalue weighted by Crippen LogP contribution is -2.31. The standard InChI is InChI=1S/C24H21N2O/c1-14-12-20(26(4)13-15(14)2)21-16(3)17-8-5-6-9-18(17)22-19-10-7-11-25-24(19)27-23(21)22/h5-13H,1-4H3/q+1. The topological polar surface area (TPSA) is 29.9 Å². The summed E-state index contributed by atoms with van der Waals surface area (Å²) in [5.41, 5.74) is 7.70. The predicted molar refractivity (Wildman–Crippen MR) is 110 cm³/mol. The SMILES string of the molecule is Cc1cc(-c2c(C)c3ccccc3c3c2oc2ncccc23)[n+](C)cc1C. The van der Waals surface area contributed by atoms with E-state index < -0.39 is 0 Å². The summed E-state index contributed by atoms with van der Waals surface area (Å²) in [5.74, 6) is 0. The van der Waals surface area contributed by atoms with Gasteiger partial charge in [0.2, 0.25) is 11.4 Å². The Morgan fingerprint density at radius 3 is 2.44 bits per heavy atom. The van der Waals surface area contributed by atoms with Crippen LogP contribution in [0.15, 0.2) is 59.3 Å². The van der Waals surface area contributed by atoms with Crippen LogP contribution in [0.1, 0.15) is 16.7 Å². The van der Waals surface area contributed by atoms with Crippen molar-refractivity contribution in [3.05, 3.63) is 71.5 Å². The van der Waals surface area contributed by atoms with Crippen molar-refractivity contribution in [2.75, 3.05) is 0 Å². The van der Waals surface area contributed by atoms with Gasteiger partial charge < -0.3 is 4.42 Å². The maximum atomic E-state index is 6.33. The molecule has 3 aromatic heterocycles. The van der Waals surface area contributed by atoms with E-state index in [1.165, 1.54) is 27.5 Å². The van der Waals surface area contributed by atoms with E-state index in [9.17, 15) is 0 Å². The van der Waals surface area contributed by atoms with Crippen LogP contribution in [0.25, 0.3) is 44.1 Å². The monoisotopic (exact) mass is 353 g/mol. The van der Waals surface area contributed by atoms with Crippen LogP contribution in [-0.2, 0) is 7.05 Å². The number of furan rings is 1. The Hall–Kier alpha value is -3.20. The highest BCUT2D eigenvalue weighted by atomic mass is 16.3. The quantitative estimate of drug-likeness (QED) is 0.370. The number of benzene rings is 2. The molecule has 5 aromatic rings. The van der Waals surface area contributed by atoms with Gasteiger partial charge >= 0.3 is 0 Å². The molecule has 0 bridgehead atoms. The number of fused-ring (bicyclic) bond motifs is 5. The normalized spacial score (nSPS) is 11.7. The Morgan fingerprint density at radius 2 is 1.63 bits per heavy atom. The minimum absolute atomic E-state index is 0.691. The fraction of sp³-hybridized carbons (Fsp3) is 0.167. The lowest BCUT2D eigenvalue weighted by Gasteiger charge is -2.11. The van der Waals surface area contributed by atoms with Crippen LogP contribution in [0.2, 0.25) is 0 Å². The summed E-state index contributed by atoms with van der Waals surface area (Å²) < 4.78 is 8.52. The Kier molecular flexibility index (Phi) is 3.35. The maximum absolute atomic E-state index is 6.33. The van der Waals surface area contributed by atoms with Crippen molar-refractivity contribution in [1.82, 2.24) is 4.98 Å². The summed E-state index contributed by atoms with van der Waals surface area (Å²) in [6.07, 6.45) is 3.97. The summed E-state index contributed by atoms with van der Waals surface area (Å²) in [6.45, 7) is 6.49. The fourth-order valence-electron chi connectivity index (χ4n) is 4.15. The first-order valence-corrected chi connectivity index (χ1v) is 9.22. The van der Waals surface area contributed by atoms with Crippen LogP contribution in [0.3, 0.4) is 0 Å². The molecule has 3 heterocycles. The number of rotatable bonds is 1.